The van der Waals surface area contributed by atoms with Gasteiger partial charge in [0, 0.05) is 35.2 Å². The van der Waals surface area contributed by atoms with E-state index in [1.807, 2.05) is 48.0 Å². The van der Waals surface area contributed by atoms with E-state index in [1.165, 1.54) is 0 Å². The third kappa shape index (κ3) is 4.05. The van der Waals surface area contributed by atoms with Crippen molar-refractivity contribution in [3.8, 4) is 0 Å². The fourth-order valence-corrected chi connectivity index (χ4v) is 2.54. The second-order valence-corrected chi connectivity index (χ2v) is 5.89. The van der Waals surface area contributed by atoms with Crippen molar-refractivity contribution in [1.29, 1.82) is 0 Å². The fraction of sp³-hybridized carbons (Fsp3) is 0.167. The number of benzene rings is 1. The Labute approximate surface area is 139 Å². The van der Waals surface area contributed by atoms with E-state index in [0.29, 0.717) is 17.1 Å². The molecule has 0 aliphatic heterocycles. The van der Waals surface area contributed by atoms with Gasteiger partial charge in [0.05, 0.1) is 18.4 Å². The molecule has 0 amide bonds. The Morgan fingerprint density at radius 1 is 1.22 bits per heavy atom. The van der Waals surface area contributed by atoms with Crippen LogP contribution in [0.25, 0.3) is 0 Å². The average Bonchev–Trinajstić information content (AvgIpc) is 2.95. The van der Waals surface area contributed by atoms with Gasteiger partial charge in [-0.3, -0.25) is 9.78 Å². The lowest BCUT2D eigenvalue weighted by molar-refractivity contribution is 0.0991. The molecule has 23 heavy (non-hydrogen) atoms. The Morgan fingerprint density at radius 3 is 2.83 bits per heavy atom. The summed E-state index contributed by atoms with van der Waals surface area (Å²) in [4.78, 5) is 20.7. The molecule has 0 atom stereocenters. The zero-order valence-electron chi connectivity index (χ0n) is 12.7. The standard InChI is InChI=1S/C18H16ClN3O/c1-13-5-6-15(9-20-13)18(23)8-17-11-22(12-21-17)10-14-3-2-4-16(19)7-14/h2-7,9,11-12H,8,10H2,1H3. The van der Waals surface area contributed by atoms with E-state index in [4.69, 9.17) is 11.6 Å². The maximum atomic E-state index is 12.2. The van der Waals surface area contributed by atoms with Crippen LogP contribution in [0.1, 0.15) is 27.3 Å². The first-order valence-electron chi connectivity index (χ1n) is 7.31. The number of imidazole rings is 1. The van der Waals surface area contributed by atoms with Gasteiger partial charge in [0.15, 0.2) is 5.78 Å². The second kappa shape index (κ2) is 6.75. The molecule has 4 nitrogen and oxygen atoms in total. The Morgan fingerprint density at radius 2 is 2.09 bits per heavy atom. The lowest BCUT2D eigenvalue weighted by Crippen LogP contribution is -2.04. The molecular weight excluding hydrogens is 310 g/mol. The zero-order chi connectivity index (χ0) is 16.2. The third-order valence-electron chi connectivity index (χ3n) is 3.52. The first-order valence-corrected chi connectivity index (χ1v) is 7.69. The van der Waals surface area contributed by atoms with Gasteiger partial charge in [0.1, 0.15) is 0 Å². The second-order valence-electron chi connectivity index (χ2n) is 5.46. The fourth-order valence-electron chi connectivity index (χ4n) is 2.33. The average molecular weight is 326 g/mol. The van der Waals surface area contributed by atoms with Crippen molar-refractivity contribution in [3.63, 3.8) is 0 Å². The van der Waals surface area contributed by atoms with Crippen molar-refractivity contribution in [1.82, 2.24) is 14.5 Å². The van der Waals surface area contributed by atoms with Crippen LogP contribution in [0, 0.1) is 6.92 Å². The number of pyridine rings is 1. The van der Waals surface area contributed by atoms with E-state index >= 15 is 0 Å². The minimum atomic E-state index is 0.0190. The van der Waals surface area contributed by atoms with Gasteiger partial charge in [-0.2, -0.15) is 0 Å². The van der Waals surface area contributed by atoms with Crippen LogP contribution in [0.2, 0.25) is 5.02 Å². The van der Waals surface area contributed by atoms with E-state index in [0.717, 1.165) is 17.0 Å². The van der Waals surface area contributed by atoms with E-state index < -0.39 is 0 Å². The van der Waals surface area contributed by atoms with E-state index in [-0.39, 0.29) is 12.2 Å². The highest BCUT2D eigenvalue weighted by Crippen LogP contribution is 2.13. The summed E-state index contributed by atoms with van der Waals surface area (Å²) < 4.78 is 1.95. The van der Waals surface area contributed by atoms with Gasteiger partial charge in [-0.15, -0.1) is 0 Å². The van der Waals surface area contributed by atoms with Crippen molar-refractivity contribution in [3.05, 3.63) is 82.7 Å². The SMILES string of the molecule is Cc1ccc(C(=O)Cc2cn(Cc3cccc(Cl)c3)cn2)cn1. The number of aryl methyl sites for hydroxylation is 1. The molecule has 0 radical (unpaired) electrons. The quantitative estimate of drug-likeness (QED) is 0.672. The molecule has 116 valence electrons. The molecule has 0 saturated carbocycles. The van der Waals surface area contributed by atoms with Crippen molar-refractivity contribution in [2.45, 2.75) is 19.9 Å². The number of aromatic nitrogens is 3. The summed E-state index contributed by atoms with van der Waals surface area (Å²) in [6.45, 7) is 2.57. The minimum absolute atomic E-state index is 0.0190. The highest BCUT2D eigenvalue weighted by molar-refractivity contribution is 6.30. The van der Waals surface area contributed by atoms with Crippen LogP contribution in [0.15, 0.2) is 55.1 Å². The van der Waals surface area contributed by atoms with Gasteiger partial charge in [0.2, 0.25) is 0 Å². The molecule has 2 aromatic heterocycles. The summed E-state index contributed by atoms with van der Waals surface area (Å²) in [5.74, 6) is 0.0190. The van der Waals surface area contributed by atoms with Crippen LogP contribution in [0.5, 0.6) is 0 Å². The predicted molar refractivity (Wildman–Crippen MR) is 89.8 cm³/mol. The number of hydrogen-bond acceptors (Lipinski definition) is 3. The highest BCUT2D eigenvalue weighted by atomic mass is 35.5. The summed E-state index contributed by atoms with van der Waals surface area (Å²) in [5, 5.41) is 0.713. The van der Waals surface area contributed by atoms with Gasteiger partial charge < -0.3 is 4.57 Å². The maximum absolute atomic E-state index is 12.2. The van der Waals surface area contributed by atoms with Crippen LogP contribution in [0.4, 0.5) is 0 Å². The Kier molecular flexibility index (Phi) is 4.53. The van der Waals surface area contributed by atoms with Crippen LogP contribution in [0.3, 0.4) is 0 Å². The lowest BCUT2D eigenvalue weighted by atomic mass is 10.1. The van der Waals surface area contributed by atoms with Crippen LogP contribution in [-0.4, -0.2) is 20.3 Å². The number of ketones is 1. The number of carbonyl (C=O) groups excluding carboxylic acids is 1. The monoisotopic (exact) mass is 325 g/mol. The molecular formula is C18H16ClN3O. The summed E-state index contributed by atoms with van der Waals surface area (Å²) >= 11 is 5.99. The summed E-state index contributed by atoms with van der Waals surface area (Å²) in [6, 6.07) is 11.3. The largest absolute Gasteiger partial charge is 0.333 e. The molecule has 2 heterocycles. The van der Waals surface area contributed by atoms with Gasteiger partial charge in [-0.05, 0) is 36.8 Å². The normalized spacial score (nSPS) is 10.7. The van der Waals surface area contributed by atoms with Crippen molar-refractivity contribution in [2.24, 2.45) is 0 Å². The molecule has 0 aliphatic carbocycles. The zero-order valence-corrected chi connectivity index (χ0v) is 13.5. The van der Waals surface area contributed by atoms with Gasteiger partial charge in [0.25, 0.3) is 0 Å². The number of Topliss-reactive ketones (excluding diaryl/α,β-unsaturated/α-hetero) is 1. The molecule has 0 bridgehead atoms. The van der Waals surface area contributed by atoms with Crippen molar-refractivity contribution in [2.75, 3.05) is 0 Å². The molecule has 0 fully saturated rings. The molecule has 1 aromatic carbocycles. The van der Waals surface area contributed by atoms with Crippen LogP contribution < -0.4 is 0 Å². The summed E-state index contributed by atoms with van der Waals surface area (Å²) in [7, 11) is 0. The highest BCUT2D eigenvalue weighted by Gasteiger charge is 2.10. The number of nitrogens with zero attached hydrogens (tertiary/aromatic N) is 3. The lowest BCUT2D eigenvalue weighted by Gasteiger charge is -2.02. The Balaban J connectivity index is 1.67. The minimum Gasteiger partial charge on any atom is -0.333 e. The Hall–Kier alpha value is -2.46. The third-order valence-corrected chi connectivity index (χ3v) is 3.75. The van der Waals surface area contributed by atoms with Gasteiger partial charge >= 0.3 is 0 Å². The van der Waals surface area contributed by atoms with Crippen LogP contribution >= 0.6 is 11.6 Å². The summed E-state index contributed by atoms with van der Waals surface area (Å²) in [5.41, 5.74) is 3.35. The van der Waals surface area contributed by atoms with E-state index in [1.54, 1.807) is 18.6 Å². The smallest absolute Gasteiger partial charge is 0.170 e. The number of halogens is 1. The molecule has 0 aliphatic rings. The predicted octanol–water partition coefficient (Wildman–Crippen LogP) is 3.71. The molecule has 0 unspecified atom stereocenters. The maximum Gasteiger partial charge on any atom is 0.170 e. The van der Waals surface area contributed by atoms with Crippen molar-refractivity contribution < 1.29 is 4.79 Å². The molecule has 0 spiro atoms. The molecule has 3 aromatic rings. The topological polar surface area (TPSA) is 47.8 Å². The summed E-state index contributed by atoms with van der Waals surface area (Å²) in [6.07, 6.45) is 5.51. The van der Waals surface area contributed by atoms with Crippen molar-refractivity contribution >= 4 is 17.4 Å². The molecule has 5 heteroatoms. The number of rotatable bonds is 5. The van der Waals surface area contributed by atoms with E-state index in [9.17, 15) is 4.79 Å². The molecule has 0 N–H and O–H groups in total. The molecule has 3 rings (SSSR count). The Bertz CT molecular complexity index is 824. The first-order chi connectivity index (χ1) is 11.1. The van der Waals surface area contributed by atoms with Gasteiger partial charge in [-0.1, -0.05) is 23.7 Å². The number of hydrogen-bond donors (Lipinski definition) is 0. The number of carbonyl (C=O) groups is 1. The first kappa shape index (κ1) is 15.4. The van der Waals surface area contributed by atoms with Crippen LogP contribution in [-0.2, 0) is 13.0 Å². The molecule has 0 saturated heterocycles. The van der Waals surface area contributed by atoms with Gasteiger partial charge in [-0.25, -0.2) is 4.98 Å². The van der Waals surface area contributed by atoms with E-state index in [2.05, 4.69) is 9.97 Å².